The normalized spacial score (nSPS) is 16.0. The van der Waals surface area contributed by atoms with E-state index in [1.807, 2.05) is 134 Å². The summed E-state index contributed by atoms with van der Waals surface area (Å²) in [5.74, 6) is -0.282. The van der Waals surface area contributed by atoms with E-state index in [1.165, 1.54) is 18.9 Å². The Balaban J connectivity index is 1.67. The molecule has 5 atom stereocenters. The molecule has 2 aromatic carbocycles. The highest BCUT2D eigenvalue weighted by Crippen LogP contribution is 2.29. The predicted molar refractivity (Wildman–Crippen MR) is 226 cm³/mol. The fraction of sp³-hybridized carbons (Fsp3) is 0.523. The van der Waals surface area contributed by atoms with Gasteiger partial charge in [0.25, 0.3) is 0 Å². The van der Waals surface area contributed by atoms with Crippen LogP contribution in [0, 0.1) is 17.8 Å². The second-order valence-electron chi connectivity index (χ2n) is 16.9. The molecule has 1 fully saturated rings. The molecule has 0 unspecified atom stereocenters. The molecule has 13 heteroatoms. The Kier molecular flexibility index (Phi) is 16.4. The minimum Gasteiger partial charge on any atom is -0.453 e. The number of nitrogens with zero attached hydrogens (tertiary/aromatic N) is 3. The Bertz CT molecular complexity index is 1770. The van der Waals surface area contributed by atoms with E-state index in [0.717, 1.165) is 22.5 Å². The van der Waals surface area contributed by atoms with Gasteiger partial charge in [0.15, 0.2) is 0 Å². The van der Waals surface area contributed by atoms with Crippen molar-refractivity contribution in [3.8, 4) is 0 Å². The Morgan fingerprint density at radius 3 is 2.00 bits per heavy atom. The summed E-state index contributed by atoms with van der Waals surface area (Å²) in [6.45, 7) is 14.7. The predicted octanol–water partition coefficient (Wildman–Crippen LogP) is 6.36. The second-order valence-corrected chi connectivity index (χ2v) is 17.7. The summed E-state index contributed by atoms with van der Waals surface area (Å²) < 4.78 is 11.4. The molecular weight excluding hydrogens is 741 g/mol. The molecule has 1 aliphatic heterocycles. The summed E-state index contributed by atoms with van der Waals surface area (Å²) in [5.41, 5.74) is 2.45. The average molecular weight is 803 g/mol. The standard InChI is InChI=1S/C44H62N6O6S/c1-30-17-16-22-33(45-30)28-49-23-24-50(42(49)54)38(44(5,6)7)40(52)46-34(25-31-18-12-10-13-19-31)27-36(56-29-57-9)35(26-32-20-14-11-15-21-32)47-39(51)37(43(2,3)4)48-41(53)55-8/h10-22,34-38H,23-29H2,1-9H3,(H,46,52)(H,47,51)(H,48,53)/t34-,35-,36-,37+,38+/m0/s1. The van der Waals surface area contributed by atoms with Crippen LogP contribution in [0.5, 0.6) is 0 Å². The SMILES string of the molecule is COC(=O)N[C@H](C(=O)N[C@@H](Cc1ccccc1)[C@H](C[C@H](Cc1ccccc1)NC(=O)[C@@H](N1CCN(Cc2cccc(C)n2)C1=O)C(C)(C)C)OCSC)C(C)(C)C. The maximum atomic E-state index is 14.7. The van der Waals surface area contributed by atoms with Crippen molar-refractivity contribution < 1.29 is 28.7 Å². The van der Waals surface area contributed by atoms with Crippen LogP contribution >= 0.6 is 11.8 Å². The van der Waals surface area contributed by atoms with E-state index in [2.05, 4.69) is 20.9 Å². The molecule has 310 valence electrons. The second kappa shape index (κ2) is 20.7. The molecule has 0 spiro atoms. The number of carbonyl (C=O) groups is 4. The number of methoxy groups -OCH3 is 1. The maximum Gasteiger partial charge on any atom is 0.407 e. The molecule has 4 rings (SSSR count). The van der Waals surface area contributed by atoms with E-state index >= 15 is 0 Å². The lowest BCUT2D eigenvalue weighted by atomic mass is 9.84. The van der Waals surface area contributed by atoms with E-state index in [0.29, 0.717) is 44.8 Å². The molecule has 2 heterocycles. The number of rotatable bonds is 18. The fourth-order valence-electron chi connectivity index (χ4n) is 7.29. The van der Waals surface area contributed by atoms with Crippen molar-refractivity contribution in [3.63, 3.8) is 0 Å². The van der Waals surface area contributed by atoms with Crippen molar-refractivity contribution >= 4 is 35.7 Å². The molecule has 1 saturated heterocycles. The van der Waals surface area contributed by atoms with Gasteiger partial charge in [-0.25, -0.2) is 9.59 Å². The van der Waals surface area contributed by atoms with Gasteiger partial charge in [-0.3, -0.25) is 14.6 Å². The average Bonchev–Trinajstić information content (AvgIpc) is 3.49. The summed E-state index contributed by atoms with van der Waals surface area (Å²) in [5, 5.41) is 9.32. The number of thioether (sulfide) groups is 1. The van der Waals surface area contributed by atoms with Gasteiger partial charge < -0.3 is 35.2 Å². The number of amides is 5. The van der Waals surface area contributed by atoms with Crippen molar-refractivity contribution in [1.82, 2.24) is 30.7 Å². The van der Waals surface area contributed by atoms with Crippen molar-refractivity contribution in [1.29, 1.82) is 0 Å². The smallest absolute Gasteiger partial charge is 0.407 e. The van der Waals surface area contributed by atoms with Gasteiger partial charge in [-0.15, -0.1) is 11.8 Å². The number of nitrogens with one attached hydrogen (secondary N) is 3. The van der Waals surface area contributed by atoms with Crippen molar-refractivity contribution in [3.05, 3.63) is 101 Å². The molecular formula is C44H62N6O6S. The highest BCUT2D eigenvalue weighted by Gasteiger charge is 2.44. The third kappa shape index (κ3) is 13.5. The number of alkyl carbamates (subject to hydrolysis) is 1. The van der Waals surface area contributed by atoms with E-state index in [-0.39, 0.29) is 17.8 Å². The molecule has 5 amide bonds. The zero-order valence-electron chi connectivity index (χ0n) is 35.0. The summed E-state index contributed by atoms with van der Waals surface area (Å²) >= 11 is 1.52. The lowest BCUT2D eigenvalue weighted by molar-refractivity contribution is -0.130. The first-order valence-corrected chi connectivity index (χ1v) is 21.0. The minimum atomic E-state index is -0.906. The number of urea groups is 1. The number of ether oxygens (including phenoxy) is 2. The van der Waals surface area contributed by atoms with Crippen LogP contribution in [0.4, 0.5) is 9.59 Å². The Morgan fingerprint density at radius 2 is 1.44 bits per heavy atom. The highest BCUT2D eigenvalue weighted by atomic mass is 32.2. The molecule has 1 aliphatic rings. The van der Waals surface area contributed by atoms with Gasteiger partial charge in [0.05, 0.1) is 37.4 Å². The number of benzene rings is 2. The van der Waals surface area contributed by atoms with Gasteiger partial charge in [0, 0.05) is 24.8 Å². The summed E-state index contributed by atoms with van der Waals surface area (Å²) in [7, 11) is 1.27. The van der Waals surface area contributed by atoms with Gasteiger partial charge in [-0.1, -0.05) is 108 Å². The molecule has 0 aliphatic carbocycles. The topological polar surface area (TPSA) is 142 Å². The molecule has 12 nitrogen and oxygen atoms in total. The highest BCUT2D eigenvalue weighted by molar-refractivity contribution is 7.98. The van der Waals surface area contributed by atoms with E-state index in [9.17, 15) is 19.2 Å². The van der Waals surface area contributed by atoms with Gasteiger partial charge in [-0.05, 0) is 66.5 Å². The van der Waals surface area contributed by atoms with Crippen LogP contribution in [0.3, 0.4) is 0 Å². The Morgan fingerprint density at radius 1 is 0.807 bits per heavy atom. The molecule has 57 heavy (non-hydrogen) atoms. The largest absolute Gasteiger partial charge is 0.453 e. The summed E-state index contributed by atoms with van der Waals surface area (Å²) in [6.07, 6.45) is 1.95. The number of hydrogen-bond acceptors (Lipinski definition) is 8. The Labute approximate surface area is 343 Å². The van der Waals surface area contributed by atoms with Crippen LogP contribution in [0.1, 0.15) is 70.5 Å². The van der Waals surface area contributed by atoms with E-state index in [1.54, 1.807) is 9.80 Å². The zero-order valence-corrected chi connectivity index (χ0v) is 35.9. The third-order valence-electron chi connectivity index (χ3n) is 10.0. The van der Waals surface area contributed by atoms with Crippen molar-refractivity contribution in [2.24, 2.45) is 10.8 Å². The zero-order chi connectivity index (χ0) is 41.8. The summed E-state index contributed by atoms with van der Waals surface area (Å²) in [6, 6.07) is 22.7. The quantitative estimate of drug-likeness (QED) is 0.126. The number of pyridine rings is 1. The molecule has 0 radical (unpaired) electrons. The van der Waals surface area contributed by atoms with Crippen LogP contribution in [0.15, 0.2) is 78.9 Å². The third-order valence-corrected chi connectivity index (χ3v) is 10.4. The van der Waals surface area contributed by atoms with Crippen LogP contribution in [-0.4, -0.2) is 101 Å². The number of aryl methyl sites for hydroxylation is 1. The van der Waals surface area contributed by atoms with Gasteiger partial charge in [0.1, 0.15) is 12.1 Å². The van der Waals surface area contributed by atoms with Gasteiger partial charge in [0.2, 0.25) is 11.8 Å². The van der Waals surface area contributed by atoms with Crippen LogP contribution in [-0.2, 0) is 38.4 Å². The molecule has 0 bridgehead atoms. The maximum absolute atomic E-state index is 14.7. The van der Waals surface area contributed by atoms with E-state index in [4.69, 9.17) is 9.47 Å². The number of hydrogen-bond donors (Lipinski definition) is 3. The molecule has 1 aromatic heterocycles. The van der Waals surface area contributed by atoms with E-state index < -0.39 is 47.2 Å². The van der Waals surface area contributed by atoms with Crippen LogP contribution in [0.2, 0.25) is 0 Å². The fourth-order valence-corrected chi connectivity index (χ4v) is 7.60. The number of carbonyl (C=O) groups excluding carboxylic acids is 4. The van der Waals surface area contributed by atoms with Gasteiger partial charge >= 0.3 is 12.1 Å². The van der Waals surface area contributed by atoms with Crippen molar-refractivity contribution in [2.45, 2.75) is 105 Å². The van der Waals surface area contributed by atoms with Gasteiger partial charge in [-0.2, -0.15) is 0 Å². The monoisotopic (exact) mass is 802 g/mol. The lowest BCUT2D eigenvalue weighted by Crippen LogP contribution is -2.59. The molecule has 3 aromatic rings. The van der Waals surface area contributed by atoms with Crippen LogP contribution in [0.25, 0.3) is 0 Å². The summed E-state index contributed by atoms with van der Waals surface area (Å²) in [4.78, 5) is 63.3. The minimum absolute atomic E-state index is 0.200. The molecule has 0 saturated carbocycles. The molecule has 3 N–H and O–H groups in total. The van der Waals surface area contributed by atoms with Crippen molar-refractivity contribution in [2.75, 3.05) is 32.4 Å². The first-order chi connectivity index (χ1) is 27.0. The van der Waals surface area contributed by atoms with Crippen LogP contribution < -0.4 is 16.0 Å². The number of aromatic nitrogens is 1. The lowest BCUT2D eigenvalue weighted by Gasteiger charge is -2.38. The first kappa shape index (κ1) is 45.1. The Hall–Kier alpha value is -4.62. The first-order valence-electron chi connectivity index (χ1n) is 19.6.